The average Bonchev–Trinajstić information content (AvgIpc) is 3.37. The highest BCUT2D eigenvalue weighted by molar-refractivity contribution is 9.10. The van der Waals surface area contributed by atoms with Crippen LogP contribution in [0.1, 0.15) is 67.9 Å². The molecule has 0 aliphatic carbocycles. The standard InChI is InChI=1S/C28H28BrN3O4/c1-4-6-15-35-28(34)20-9-7-19(8-10-20)25-14-12-22(36-25)17-30-32-26(18(3)5-2)31-24-13-11-21(29)16-23(24)27(32)33/h7-14,16-18H,4-6,15H2,1-3H3/t18-/m1/s1. The van der Waals surface area contributed by atoms with Crippen molar-refractivity contribution in [3.8, 4) is 11.3 Å². The van der Waals surface area contributed by atoms with E-state index in [2.05, 4.69) is 21.0 Å². The second-order valence-corrected chi connectivity index (χ2v) is 9.49. The molecule has 0 saturated carbocycles. The van der Waals surface area contributed by atoms with Crippen LogP contribution in [0.3, 0.4) is 0 Å². The van der Waals surface area contributed by atoms with Crippen molar-refractivity contribution in [3.05, 3.63) is 86.6 Å². The highest BCUT2D eigenvalue weighted by Crippen LogP contribution is 2.23. The number of ether oxygens (including phenoxy) is 1. The maximum Gasteiger partial charge on any atom is 0.338 e. The normalized spacial score (nSPS) is 12.3. The van der Waals surface area contributed by atoms with Crippen LogP contribution in [0.2, 0.25) is 0 Å². The first-order valence-corrected chi connectivity index (χ1v) is 12.8. The molecule has 0 N–H and O–H groups in total. The lowest BCUT2D eigenvalue weighted by Gasteiger charge is -2.13. The Hall–Kier alpha value is -3.52. The highest BCUT2D eigenvalue weighted by Gasteiger charge is 2.16. The zero-order chi connectivity index (χ0) is 25.7. The van der Waals surface area contributed by atoms with E-state index in [-0.39, 0.29) is 17.4 Å². The third kappa shape index (κ3) is 5.65. The monoisotopic (exact) mass is 549 g/mol. The van der Waals surface area contributed by atoms with Crippen molar-refractivity contribution < 1.29 is 13.9 Å². The predicted octanol–water partition coefficient (Wildman–Crippen LogP) is 6.77. The molecule has 2 aromatic heterocycles. The Labute approximate surface area is 217 Å². The second kappa shape index (κ2) is 11.5. The Morgan fingerprint density at radius 1 is 1.17 bits per heavy atom. The number of halogens is 1. The molecule has 4 aromatic rings. The van der Waals surface area contributed by atoms with E-state index in [1.165, 1.54) is 10.9 Å². The molecular formula is C28H28BrN3O4. The van der Waals surface area contributed by atoms with Crippen LogP contribution in [0.5, 0.6) is 0 Å². The SMILES string of the molecule is CCCCOC(=O)c1ccc(-c2ccc(C=Nn3c([C@H](C)CC)nc4ccc(Br)cc4c3=O)o2)cc1. The van der Waals surface area contributed by atoms with Crippen LogP contribution in [0.15, 0.2) is 73.4 Å². The fraction of sp³-hybridized carbons (Fsp3) is 0.286. The number of benzene rings is 2. The first kappa shape index (κ1) is 25.6. The van der Waals surface area contributed by atoms with E-state index in [1.807, 2.05) is 51.1 Å². The topological polar surface area (TPSA) is 86.7 Å². The van der Waals surface area contributed by atoms with E-state index in [4.69, 9.17) is 14.1 Å². The number of esters is 1. The van der Waals surface area contributed by atoms with Gasteiger partial charge in [0.1, 0.15) is 17.3 Å². The van der Waals surface area contributed by atoms with Crippen molar-refractivity contribution in [2.24, 2.45) is 5.10 Å². The Balaban J connectivity index is 1.59. The summed E-state index contributed by atoms with van der Waals surface area (Å²) in [5, 5.41) is 4.94. The van der Waals surface area contributed by atoms with Gasteiger partial charge in [0.25, 0.3) is 5.56 Å². The Bertz CT molecular complexity index is 1450. The molecule has 0 fully saturated rings. The number of hydrogen-bond donors (Lipinski definition) is 0. The lowest BCUT2D eigenvalue weighted by molar-refractivity contribution is 0.0499. The molecule has 0 unspecified atom stereocenters. The van der Waals surface area contributed by atoms with Crippen LogP contribution in [-0.2, 0) is 4.74 Å². The number of aromatic nitrogens is 2. The molecule has 1 atom stereocenters. The van der Waals surface area contributed by atoms with Crippen LogP contribution in [-0.4, -0.2) is 28.5 Å². The number of furan rings is 1. The molecule has 4 rings (SSSR count). The van der Waals surface area contributed by atoms with Gasteiger partial charge in [-0.1, -0.05) is 55.3 Å². The van der Waals surface area contributed by atoms with Crippen molar-refractivity contribution in [1.29, 1.82) is 0 Å². The molecule has 0 radical (unpaired) electrons. The number of fused-ring (bicyclic) bond motifs is 1. The fourth-order valence-corrected chi connectivity index (χ4v) is 4.00. The molecule has 7 nitrogen and oxygen atoms in total. The third-order valence-corrected chi connectivity index (χ3v) is 6.44. The lowest BCUT2D eigenvalue weighted by Crippen LogP contribution is -2.23. The molecule has 0 aliphatic heterocycles. The van der Waals surface area contributed by atoms with Gasteiger partial charge in [0, 0.05) is 16.0 Å². The molecule has 2 aromatic carbocycles. The number of hydrogen-bond acceptors (Lipinski definition) is 6. The van der Waals surface area contributed by atoms with Gasteiger partial charge in [-0.05, 0) is 55.3 Å². The van der Waals surface area contributed by atoms with E-state index in [9.17, 15) is 9.59 Å². The maximum atomic E-state index is 13.3. The second-order valence-electron chi connectivity index (χ2n) is 8.57. The van der Waals surface area contributed by atoms with Gasteiger partial charge < -0.3 is 9.15 Å². The van der Waals surface area contributed by atoms with Crippen LogP contribution < -0.4 is 5.56 Å². The average molecular weight is 550 g/mol. The van der Waals surface area contributed by atoms with Gasteiger partial charge >= 0.3 is 5.97 Å². The largest absolute Gasteiger partial charge is 0.462 e. The number of unbranched alkanes of at least 4 members (excludes halogenated alkanes) is 1. The summed E-state index contributed by atoms with van der Waals surface area (Å²) in [5.41, 5.74) is 1.72. The Morgan fingerprint density at radius 3 is 2.67 bits per heavy atom. The smallest absolute Gasteiger partial charge is 0.338 e. The molecule has 186 valence electrons. The van der Waals surface area contributed by atoms with E-state index in [1.54, 1.807) is 24.3 Å². The molecule has 0 bridgehead atoms. The summed E-state index contributed by atoms with van der Waals surface area (Å²) in [7, 11) is 0. The van der Waals surface area contributed by atoms with Crippen LogP contribution in [0, 0.1) is 0 Å². The summed E-state index contributed by atoms with van der Waals surface area (Å²) in [6, 6.07) is 16.1. The molecular weight excluding hydrogens is 522 g/mol. The number of carbonyl (C=O) groups is 1. The molecule has 0 aliphatic rings. The van der Waals surface area contributed by atoms with Gasteiger partial charge in [-0.2, -0.15) is 9.78 Å². The van der Waals surface area contributed by atoms with Crippen LogP contribution in [0.25, 0.3) is 22.2 Å². The van der Waals surface area contributed by atoms with Crippen molar-refractivity contribution >= 4 is 39.0 Å². The van der Waals surface area contributed by atoms with Crippen molar-refractivity contribution in [2.45, 2.75) is 46.0 Å². The van der Waals surface area contributed by atoms with Gasteiger partial charge in [-0.25, -0.2) is 9.78 Å². The van der Waals surface area contributed by atoms with Crippen LogP contribution >= 0.6 is 15.9 Å². The first-order chi connectivity index (χ1) is 17.4. The summed E-state index contributed by atoms with van der Waals surface area (Å²) in [6.07, 6.45) is 4.15. The summed E-state index contributed by atoms with van der Waals surface area (Å²) in [6.45, 7) is 6.54. The van der Waals surface area contributed by atoms with Gasteiger partial charge in [0.05, 0.1) is 29.3 Å². The number of carbonyl (C=O) groups excluding carboxylic acids is 1. The fourth-order valence-electron chi connectivity index (χ4n) is 3.63. The minimum atomic E-state index is -0.333. The van der Waals surface area contributed by atoms with Gasteiger partial charge in [0.15, 0.2) is 0 Å². The van der Waals surface area contributed by atoms with Crippen molar-refractivity contribution in [3.63, 3.8) is 0 Å². The van der Waals surface area contributed by atoms with Gasteiger partial charge in [-0.15, -0.1) is 0 Å². The molecule has 0 spiro atoms. The minimum absolute atomic E-state index is 0.0437. The summed E-state index contributed by atoms with van der Waals surface area (Å²) in [5.74, 6) is 1.42. The summed E-state index contributed by atoms with van der Waals surface area (Å²) >= 11 is 3.42. The van der Waals surface area contributed by atoms with Crippen molar-refractivity contribution in [2.75, 3.05) is 6.61 Å². The summed E-state index contributed by atoms with van der Waals surface area (Å²) in [4.78, 5) is 30.1. The van der Waals surface area contributed by atoms with Gasteiger partial charge in [-0.3, -0.25) is 4.79 Å². The Morgan fingerprint density at radius 2 is 1.94 bits per heavy atom. The van der Waals surface area contributed by atoms with Crippen LogP contribution in [0.4, 0.5) is 0 Å². The molecule has 2 heterocycles. The van der Waals surface area contributed by atoms with Crippen molar-refractivity contribution in [1.82, 2.24) is 9.66 Å². The quantitative estimate of drug-likeness (QED) is 0.130. The lowest BCUT2D eigenvalue weighted by atomic mass is 10.1. The minimum Gasteiger partial charge on any atom is -0.462 e. The number of nitrogens with zero attached hydrogens (tertiary/aromatic N) is 3. The molecule has 8 heteroatoms. The zero-order valence-corrected chi connectivity index (χ0v) is 22.1. The zero-order valence-electron chi connectivity index (χ0n) is 20.5. The summed E-state index contributed by atoms with van der Waals surface area (Å²) < 4.78 is 13.3. The van der Waals surface area contributed by atoms with E-state index < -0.39 is 0 Å². The Kier molecular flexibility index (Phi) is 8.15. The predicted molar refractivity (Wildman–Crippen MR) is 145 cm³/mol. The van der Waals surface area contributed by atoms with E-state index in [0.29, 0.717) is 40.4 Å². The third-order valence-electron chi connectivity index (χ3n) is 5.95. The maximum absolute atomic E-state index is 13.3. The molecule has 0 amide bonds. The molecule has 36 heavy (non-hydrogen) atoms. The van der Waals surface area contributed by atoms with E-state index >= 15 is 0 Å². The number of rotatable bonds is 9. The first-order valence-electron chi connectivity index (χ1n) is 12.0. The highest BCUT2D eigenvalue weighted by atomic mass is 79.9. The van der Waals surface area contributed by atoms with Gasteiger partial charge in [0.2, 0.25) is 0 Å². The molecule has 0 saturated heterocycles. The van der Waals surface area contributed by atoms with E-state index in [0.717, 1.165) is 29.3 Å².